The number of aromatic carboxylic acids is 1. The molecule has 50 heavy (non-hydrogen) atoms. The Hall–Kier alpha value is -4.09. The zero-order chi connectivity index (χ0) is 35.0. The maximum atomic E-state index is 12.5. The van der Waals surface area contributed by atoms with Gasteiger partial charge in [0.15, 0.2) is 5.75 Å². The molecule has 0 unspecified atom stereocenters. The van der Waals surface area contributed by atoms with Crippen LogP contribution in [0.3, 0.4) is 0 Å². The van der Waals surface area contributed by atoms with Crippen LogP contribution < -0.4 is 75.9 Å². The fourth-order valence-corrected chi connectivity index (χ4v) is 5.79. The number of carbonyl (C=O) groups excluding carboxylic acids is 1. The van der Waals surface area contributed by atoms with Crippen molar-refractivity contribution in [2.24, 2.45) is 16.0 Å². The number of primary amides is 1. The van der Waals surface area contributed by atoms with Crippen molar-refractivity contribution in [2.45, 2.75) is 16.2 Å². The van der Waals surface area contributed by atoms with Crippen molar-refractivity contribution in [1.82, 2.24) is 15.0 Å². The molecule has 0 saturated heterocycles. The van der Waals surface area contributed by atoms with E-state index in [2.05, 4.69) is 30.5 Å². The predicted molar refractivity (Wildman–Crippen MR) is 163 cm³/mol. The number of nitrogens with zero attached hydrogens (tertiary/aromatic N) is 4. The molecule has 1 heterocycles. The molecule has 1 amide bonds. The van der Waals surface area contributed by atoms with Crippen LogP contribution in [0.2, 0.25) is 0 Å². The van der Waals surface area contributed by atoms with Crippen LogP contribution in [-0.4, -0.2) is 63.0 Å². The van der Waals surface area contributed by atoms with E-state index in [1.54, 1.807) is 6.07 Å². The normalized spacial score (nSPS) is 11.5. The third kappa shape index (κ3) is 8.98. The van der Waals surface area contributed by atoms with Crippen molar-refractivity contribution in [2.75, 3.05) is 5.32 Å². The molecule has 6 N–H and O–H groups in total. The molecule has 0 spiro atoms. The summed E-state index contributed by atoms with van der Waals surface area (Å²) in [7, 11) is -10.7. The van der Waals surface area contributed by atoms with E-state index in [1.807, 2.05) is 0 Å². The number of phenols is 1. The second-order valence-electron chi connectivity index (χ2n) is 9.82. The zero-order valence-electron chi connectivity index (χ0n) is 25.8. The third-order valence-corrected chi connectivity index (χ3v) is 8.32. The number of nitrogens with one attached hydrogen (secondary N) is 2. The minimum Gasteiger partial charge on any atom is -0.744 e. The van der Waals surface area contributed by atoms with E-state index in [-0.39, 0.29) is 93.7 Å². The Morgan fingerprint density at radius 3 is 2.16 bits per heavy atom. The van der Waals surface area contributed by atoms with Crippen LogP contribution in [0, 0.1) is 0 Å². The zero-order valence-corrected chi connectivity index (χ0v) is 31.4. The van der Waals surface area contributed by atoms with Gasteiger partial charge in [0.25, 0.3) is 5.91 Å². The van der Waals surface area contributed by atoms with E-state index in [0.717, 1.165) is 6.07 Å². The van der Waals surface area contributed by atoms with Crippen molar-refractivity contribution in [3.05, 3.63) is 99.7 Å². The Kier molecular flexibility index (Phi) is 12.8. The summed E-state index contributed by atoms with van der Waals surface area (Å²) in [6.45, 7) is 0. The summed E-state index contributed by atoms with van der Waals surface area (Å²) >= 11 is 0. The van der Waals surface area contributed by atoms with Crippen LogP contribution in [-0.2, 0) is 26.7 Å². The van der Waals surface area contributed by atoms with Gasteiger partial charge in [-0.25, -0.2) is 26.4 Å². The first-order valence-corrected chi connectivity index (χ1v) is 16.0. The van der Waals surface area contributed by atoms with Gasteiger partial charge in [0, 0.05) is 11.8 Å². The van der Waals surface area contributed by atoms with Gasteiger partial charge in [-0.15, -0.1) is 10.2 Å². The van der Waals surface area contributed by atoms with Crippen molar-refractivity contribution in [1.29, 1.82) is 0 Å². The number of benzene rings is 4. The van der Waals surface area contributed by atoms with Gasteiger partial charge in [-0.1, -0.05) is 30.3 Å². The quantitative estimate of drug-likeness (QED) is 0.0525. The topological polar surface area (TPSA) is 310 Å². The number of amides is 1. The summed E-state index contributed by atoms with van der Waals surface area (Å²) in [6.07, 6.45) is -0.210. The van der Waals surface area contributed by atoms with Crippen molar-refractivity contribution in [3.8, 4) is 5.75 Å². The second kappa shape index (κ2) is 15.9. The maximum absolute atomic E-state index is 12.5. The number of anilines is 2. The first-order valence-electron chi connectivity index (χ1n) is 13.1. The minimum absolute atomic E-state index is 0. The molecule has 5 aromatic rings. The Morgan fingerprint density at radius 1 is 0.900 bits per heavy atom. The summed E-state index contributed by atoms with van der Waals surface area (Å²) in [5.41, 5.74) is 2.81. The average Bonchev–Trinajstić information content (AvgIpc) is 2.99. The average molecular weight is 740 g/mol. The SMILES string of the molecule is NC(=O)c1ccccc1N=Nc1c(S(=O)(=O)[O-])cc2cc(S(=O)(=O)[O-])cc(Nc3nc(Cc4ccccc4C(=O)O)[nH]c(=O)n3)c2c1O.[Na+].[Na+]. The standard InChI is InChI=1S/C28H21N7O11S2.2Na/c29-25(37)17-7-3-4-8-18(17)34-35-23-20(48(44,45)46)10-14-9-15(47(41,42)43)12-19(22(14)24(23)36)30-27-31-21(32-28(40)33-27)11-13-5-1-2-6-16(13)26(38)39;;/h1-10,12,36H,11H2,(H2,29,37)(H,38,39)(H,41,42,43)(H,44,45,46)(H2,30,31,32,33,40);;/q;2*+1/p-2. The number of phenolic OH excluding ortho intramolecular Hbond substituents is 1. The number of H-pyrrole nitrogens is 1. The molecule has 4 aromatic carbocycles. The molecule has 1 aromatic heterocycles. The fraction of sp³-hybridized carbons (Fsp3) is 0.0357. The van der Waals surface area contributed by atoms with Crippen LogP contribution in [0.5, 0.6) is 5.75 Å². The van der Waals surface area contributed by atoms with E-state index in [1.165, 1.54) is 42.5 Å². The summed E-state index contributed by atoms with van der Waals surface area (Å²) in [5, 5.41) is 29.9. The molecule has 0 radical (unpaired) electrons. The minimum atomic E-state index is -5.46. The second-order valence-corrected chi connectivity index (χ2v) is 12.5. The number of fused-ring (bicyclic) bond motifs is 1. The van der Waals surface area contributed by atoms with Gasteiger partial charge in [0.05, 0.1) is 32.3 Å². The van der Waals surface area contributed by atoms with Crippen molar-refractivity contribution in [3.63, 3.8) is 0 Å². The van der Waals surface area contributed by atoms with Crippen molar-refractivity contribution < 1.29 is 105 Å². The molecule has 22 heteroatoms. The largest absolute Gasteiger partial charge is 1.00 e. The summed E-state index contributed by atoms with van der Waals surface area (Å²) in [4.78, 5) is 43.9. The number of aromatic nitrogens is 3. The molecule has 5 rings (SSSR count). The van der Waals surface area contributed by atoms with Gasteiger partial charge in [-0.3, -0.25) is 9.78 Å². The molecule has 0 saturated carbocycles. The molecular weight excluding hydrogens is 720 g/mol. The van der Waals surface area contributed by atoms with E-state index in [4.69, 9.17) is 5.73 Å². The monoisotopic (exact) mass is 739 g/mol. The van der Waals surface area contributed by atoms with Gasteiger partial charge < -0.3 is 30.4 Å². The molecule has 0 atom stereocenters. The van der Waals surface area contributed by atoms with E-state index in [0.29, 0.717) is 12.1 Å². The number of azo groups is 1. The first kappa shape index (κ1) is 40.3. The smallest absolute Gasteiger partial charge is 0.744 e. The molecule has 0 aliphatic carbocycles. The number of carboxylic acids is 1. The van der Waals surface area contributed by atoms with Crippen LogP contribution in [0.1, 0.15) is 32.1 Å². The Balaban J connectivity index is 0.00000338. The van der Waals surface area contributed by atoms with E-state index >= 15 is 0 Å². The molecule has 0 fully saturated rings. The number of carbonyl (C=O) groups is 2. The van der Waals surface area contributed by atoms with Gasteiger partial charge in [0.2, 0.25) is 5.95 Å². The Bertz CT molecular complexity index is 2480. The van der Waals surface area contributed by atoms with Gasteiger partial charge >= 0.3 is 70.8 Å². The number of nitrogens with two attached hydrogens (primary N) is 1. The third-order valence-electron chi connectivity index (χ3n) is 6.66. The molecule has 0 aliphatic heterocycles. The first-order chi connectivity index (χ1) is 22.5. The molecule has 0 aliphatic rings. The number of hydrogen-bond donors (Lipinski definition) is 5. The number of rotatable bonds is 10. The van der Waals surface area contributed by atoms with Gasteiger partial charge in [-0.05, 0) is 47.3 Å². The predicted octanol–water partition coefficient (Wildman–Crippen LogP) is -3.61. The molecular formula is C28H19N7Na2O11S2. The number of hydrogen-bond acceptors (Lipinski definition) is 15. The van der Waals surface area contributed by atoms with Crippen LogP contribution in [0.15, 0.2) is 91.5 Å². The van der Waals surface area contributed by atoms with Gasteiger partial charge in [0.1, 0.15) is 31.7 Å². The Labute approximate surface area is 326 Å². The number of aromatic amines is 1. The summed E-state index contributed by atoms with van der Waals surface area (Å²) in [6, 6.07) is 13.4. The molecule has 18 nitrogen and oxygen atoms in total. The van der Waals surface area contributed by atoms with Crippen LogP contribution in [0.25, 0.3) is 10.8 Å². The molecule has 246 valence electrons. The van der Waals surface area contributed by atoms with Crippen LogP contribution in [0.4, 0.5) is 23.0 Å². The van der Waals surface area contributed by atoms with E-state index < -0.39 is 81.4 Å². The van der Waals surface area contributed by atoms with E-state index in [9.17, 15) is 50.5 Å². The maximum Gasteiger partial charge on any atom is 1.00 e. The number of carboxylic acid groups (broad SMARTS) is 1. The van der Waals surface area contributed by atoms with Crippen molar-refractivity contribution >= 4 is 65.9 Å². The fourth-order valence-electron chi connectivity index (χ4n) is 4.61. The summed E-state index contributed by atoms with van der Waals surface area (Å²) < 4.78 is 72.8. The number of aromatic hydroxyl groups is 1. The van der Waals surface area contributed by atoms with Crippen LogP contribution >= 0.6 is 0 Å². The van der Waals surface area contributed by atoms with Gasteiger partial charge in [-0.2, -0.15) is 9.97 Å². The molecule has 0 bridgehead atoms. The Morgan fingerprint density at radius 2 is 1.54 bits per heavy atom. The summed E-state index contributed by atoms with van der Waals surface area (Å²) in [5.74, 6) is -3.86.